The fraction of sp³-hybridized carbons (Fsp3) is 0.208. The van der Waals surface area contributed by atoms with E-state index in [4.69, 9.17) is 9.72 Å². The van der Waals surface area contributed by atoms with E-state index >= 15 is 0 Å². The van der Waals surface area contributed by atoms with Crippen LogP contribution in [0.4, 0.5) is 11.4 Å². The van der Waals surface area contributed by atoms with Gasteiger partial charge in [-0.1, -0.05) is 11.8 Å². The Kier molecular flexibility index (Phi) is 6.90. The molecule has 2 heterocycles. The van der Waals surface area contributed by atoms with E-state index in [0.717, 1.165) is 22.2 Å². The normalized spacial score (nSPS) is 11.0. The molecule has 2 aromatic carbocycles. The third-order valence-corrected chi connectivity index (χ3v) is 7.57. The number of thioether (sulfide) groups is 1. The van der Waals surface area contributed by atoms with Crippen LogP contribution in [0.15, 0.2) is 52.4 Å². The number of nitrogens with one attached hydrogen (secondary N) is 1. The summed E-state index contributed by atoms with van der Waals surface area (Å²) in [5.41, 5.74) is 2.34. The molecule has 35 heavy (non-hydrogen) atoms. The second-order valence-electron chi connectivity index (χ2n) is 7.79. The Labute approximate surface area is 208 Å². The smallest absolute Gasteiger partial charge is 0.269 e. The van der Waals surface area contributed by atoms with E-state index in [-0.39, 0.29) is 22.9 Å². The Morgan fingerprint density at radius 2 is 1.91 bits per heavy atom. The van der Waals surface area contributed by atoms with Crippen LogP contribution in [-0.4, -0.2) is 33.2 Å². The Balaban J connectivity index is 1.66. The van der Waals surface area contributed by atoms with Gasteiger partial charge in [-0.05, 0) is 62.2 Å². The minimum absolute atomic E-state index is 0.00608. The molecule has 0 aliphatic carbocycles. The van der Waals surface area contributed by atoms with Crippen molar-refractivity contribution in [3.05, 3.63) is 78.9 Å². The van der Waals surface area contributed by atoms with Crippen LogP contribution < -0.4 is 15.6 Å². The number of ether oxygens (including phenoxy) is 1. The number of hydrogen-bond acceptors (Lipinski definition) is 8. The highest BCUT2D eigenvalue weighted by atomic mass is 32.2. The van der Waals surface area contributed by atoms with Crippen LogP contribution in [-0.2, 0) is 4.79 Å². The number of aryl methyl sites for hydroxylation is 3. The number of hydrogen-bond donors (Lipinski definition) is 1. The number of nitrogens with zero attached hydrogens (tertiary/aromatic N) is 3. The van der Waals surface area contributed by atoms with Crippen molar-refractivity contribution in [2.75, 3.05) is 18.2 Å². The van der Waals surface area contributed by atoms with Crippen molar-refractivity contribution in [2.24, 2.45) is 0 Å². The molecular weight excluding hydrogens is 488 g/mol. The van der Waals surface area contributed by atoms with Gasteiger partial charge >= 0.3 is 0 Å². The zero-order chi connectivity index (χ0) is 25.3. The van der Waals surface area contributed by atoms with Gasteiger partial charge in [-0.15, -0.1) is 11.3 Å². The highest BCUT2D eigenvalue weighted by Crippen LogP contribution is 2.30. The van der Waals surface area contributed by atoms with Gasteiger partial charge in [0.2, 0.25) is 5.91 Å². The van der Waals surface area contributed by atoms with Gasteiger partial charge in [0.05, 0.1) is 28.9 Å². The first-order chi connectivity index (χ1) is 16.7. The third-order valence-electron chi connectivity index (χ3n) is 5.53. The number of benzene rings is 2. The maximum Gasteiger partial charge on any atom is 0.269 e. The zero-order valence-corrected chi connectivity index (χ0v) is 21.1. The number of rotatable bonds is 7. The molecule has 0 saturated heterocycles. The second-order valence-corrected chi connectivity index (χ2v) is 9.94. The minimum atomic E-state index is -0.483. The van der Waals surface area contributed by atoms with Crippen LogP contribution in [0.5, 0.6) is 5.75 Å². The average molecular weight is 511 g/mol. The first-order valence-electron chi connectivity index (χ1n) is 10.5. The number of nitro benzene ring substituents is 1. The highest BCUT2D eigenvalue weighted by molar-refractivity contribution is 7.99. The largest absolute Gasteiger partial charge is 0.497 e. The summed E-state index contributed by atoms with van der Waals surface area (Å²) in [4.78, 5) is 43.1. The quantitative estimate of drug-likeness (QED) is 0.161. The van der Waals surface area contributed by atoms with Gasteiger partial charge in [0, 0.05) is 22.7 Å². The molecule has 0 aliphatic rings. The Bertz CT molecular complexity index is 1510. The predicted molar refractivity (Wildman–Crippen MR) is 138 cm³/mol. The van der Waals surface area contributed by atoms with E-state index in [0.29, 0.717) is 38.1 Å². The van der Waals surface area contributed by atoms with Gasteiger partial charge in [0.1, 0.15) is 10.6 Å². The lowest BCUT2D eigenvalue weighted by molar-refractivity contribution is -0.384. The highest BCUT2D eigenvalue weighted by Gasteiger charge is 2.19. The van der Waals surface area contributed by atoms with Crippen molar-refractivity contribution >= 4 is 50.6 Å². The first-order valence-corrected chi connectivity index (χ1v) is 12.3. The second kappa shape index (κ2) is 9.88. The predicted octanol–water partition coefficient (Wildman–Crippen LogP) is 5.02. The summed E-state index contributed by atoms with van der Waals surface area (Å²) < 4.78 is 6.74. The monoisotopic (exact) mass is 510 g/mol. The fourth-order valence-electron chi connectivity index (χ4n) is 3.55. The number of aromatic nitrogens is 2. The van der Waals surface area contributed by atoms with Crippen LogP contribution >= 0.6 is 23.1 Å². The molecule has 0 radical (unpaired) electrons. The molecule has 180 valence electrons. The maximum absolute atomic E-state index is 13.5. The van der Waals surface area contributed by atoms with Gasteiger partial charge in [-0.3, -0.25) is 24.3 Å². The lowest BCUT2D eigenvalue weighted by Gasteiger charge is -2.13. The molecule has 0 unspecified atom stereocenters. The number of amides is 1. The van der Waals surface area contributed by atoms with E-state index in [2.05, 4.69) is 5.32 Å². The van der Waals surface area contributed by atoms with Gasteiger partial charge in [-0.25, -0.2) is 4.98 Å². The molecule has 0 atom stereocenters. The number of nitro groups is 1. The number of fused-ring (bicyclic) bond motifs is 1. The molecule has 0 saturated carbocycles. The standard InChI is InChI=1S/C24H22N4O5S2/c1-13-11-17(28(31)32)7-10-19(13)25-20(29)12-34-24-26-22-21(14(2)15(3)35-22)23(30)27(24)16-5-8-18(33-4)9-6-16/h5-11H,12H2,1-4H3,(H,25,29). The van der Waals surface area contributed by atoms with Crippen molar-refractivity contribution in [1.29, 1.82) is 0 Å². The summed E-state index contributed by atoms with van der Waals surface area (Å²) in [6.07, 6.45) is 0. The van der Waals surface area contributed by atoms with E-state index in [1.165, 1.54) is 34.1 Å². The number of methoxy groups -OCH3 is 1. The molecule has 0 bridgehead atoms. The van der Waals surface area contributed by atoms with Crippen LogP contribution in [0.3, 0.4) is 0 Å². The van der Waals surface area contributed by atoms with Crippen LogP contribution in [0.2, 0.25) is 0 Å². The van der Waals surface area contributed by atoms with Crippen LogP contribution in [0.1, 0.15) is 16.0 Å². The molecule has 2 aromatic heterocycles. The van der Waals surface area contributed by atoms with Gasteiger partial charge in [0.25, 0.3) is 11.2 Å². The molecule has 9 nitrogen and oxygen atoms in total. The topological polar surface area (TPSA) is 116 Å². The first kappa shape index (κ1) is 24.4. The van der Waals surface area contributed by atoms with Gasteiger partial charge in [0.15, 0.2) is 5.16 Å². The SMILES string of the molecule is COc1ccc(-n2c(SCC(=O)Nc3ccc([N+](=O)[O-])cc3C)nc3sc(C)c(C)c3c2=O)cc1. The number of non-ortho nitro benzene ring substituents is 1. The summed E-state index contributed by atoms with van der Waals surface area (Å²) in [7, 11) is 1.57. The maximum atomic E-state index is 13.5. The summed E-state index contributed by atoms with van der Waals surface area (Å²) >= 11 is 2.59. The van der Waals surface area contributed by atoms with Crippen molar-refractivity contribution in [1.82, 2.24) is 9.55 Å². The van der Waals surface area contributed by atoms with Crippen molar-refractivity contribution in [2.45, 2.75) is 25.9 Å². The molecule has 1 N–H and O–H groups in total. The number of carbonyl (C=O) groups is 1. The van der Waals surface area contributed by atoms with Gasteiger partial charge < -0.3 is 10.1 Å². The third kappa shape index (κ3) is 4.91. The number of thiophene rings is 1. The Morgan fingerprint density at radius 3 is 2.54 bits per heavy atom. The lowest BCUT2D eigenvalue weighted by atomic mass is 10.2. The van der Waals surface area contributed by atoms with E-state index < -0.39 is 4.92 Å². The average Bonchev–Trinajstić information content (AvgIpc) is 3.12. The van der Waals surface area contributed by atoms with Gasteiger partial charge in [-0.2, -0.15) is 0 Å². The van der Waals surface area contributed by atoms with E-state index in [1.54, 1.807) is 38.3 Å². The number of carbonyl (C=O) groups excluding carboxylic acids is 1. The molecular formula is C24H22N4O5S2. The molecule has 1 amide bonds. The molecule has 4 rings (SSSR count). The molecule has 11 heteroatoms. The van der Waals surface area contributed by atoms with Crippen LogP contribution in [0, 0.1) is 30.9 Å². The molecule has 4 aromatic rings. The number of anilines is 1. The van der Waals surface area contributed by atoms with Crippen molar-refractivity contribution in [3.63, 3.8) is 0 Å². The van der Waals surface area contributed by atoms with Crippen molar-refractivity contribution in [3.8, 4) is 11.4 Å². The van der Waals surface area contributed by atoms with E-state index in [9.17, 15) is 19.7 Å². The summed E-state index contributed by atoms with van der Waals surface area (Å²) in [5.74, 6) is 0.333. The summed E-state index contributed by atoms with van der Waals surface area (Å²) in [5, 5.41) is 14.7. The minimum Gasteiger partial charge on any atom is -0.497 e. The molecule has 0 aliphatic heterocycles. The Hall–Kier alpha value is -3.70. The summed E-state index contributed by atoms with van der Waals surface area (Å²) in [6, 6.07) is 11.3. The fourth-order valence-corrected chi connectivity index (χ4v) is 5.43. The molecule has 0 fully saturated rings. The van der Waals surface area contributed by atoms with Crippen LogP contribution in [0.25, 0.3) is 15.9 Å². The van der Waals surface area contributed by atoms with Crippen molar-refractivity contribution < 1.29 is 14.5 Å². The lowest BCUT2D eigenvalue weighted by Crippen LogP contribution is -2.23. The molecule has 0 spiro atoms. The zero-order valence-electron chi connectivity index (χ0n) is 19.4. The summed E-state index contributed by atoms with van der Waals surface area (Å²) in [6.45, 7) is 5.54. The van der Waals surface area contributed by atoms with E-state index in [1.807, 2.05) is 13.8 Å². The Morgan fingerprint density at radius 1 is 1.20 bits per heavy atom.